The zero-order chi connectivity index (χ0) is 15.1. The van der Waals surface area contributed by atoms with E-state index in [1.54, 1.807) is 7.05 Å². The number of carbonyl (C=O) groups excluding carboxylic acids is 1. The number of benzene rings is 1. The van der Waals surface area contributed by atoms with E-state index in [4.69, 9.17) is 10.5 Å². The van der Waals surface area contributed by atoms with Crippen molar-refractivity contribution >= 4 is 5.91 Å². The lowest BCUT2D eigenvalue weighted by molar-refractivity contribution is -0.0499. The van der Waals surface area contributed by atoms with Gasteiger partial charge >= 0.3 is 6.61 Å². The van der Waals surface area contributed by atoms with Crippen LogP contribution in [-0.2, 0) is 4.74 Å². The molecule has 0 heterocycles. The molecule has 0 spiro atoms. The lowest BCUT2D eigenvalue weighted by Crippen LogP contribution is -2.41. The minimum Gasteiger partial charge on any atom is -0.435 e. The van der Waals surface area contributed by atoms with Gasteiger partial charge in [-0.2, -0.15) is 8.78 Å². The van der Waals surface area contributed by atoms with Crippen molar-refractivity contribution in [3.05, 3.63) is 29.8 Å². The summed E-state index contributed by atoms with van der Waals surface area (Å²) in [6.45, 7) is -2.30. The van der Waals surface area contributed by atoms with Crippen LogP contribution >= 0.6 is 0 Å². The average Bonchev–Trinajstić information content (AvgIpc) is 2.37. The van der Waals surface area contributed by atoms with Gasteiger partial charge in [0.05, 0.1) is 6.61 Å². The Morgan fingerprint density at radius 1 is 1.45 bits per heavy atom. The predicted molar refractivity (Wildman–Crippen MR) is 69.9 cm³/mol. The summed E-state index contributed by atoms with van der Waals surface area (Å²) in [6.07, 6.45) is 0. The standard InChI is InChI=1S/C13H18F2N2O3/c1-17(7-10(16)8-19-2)12(18)9-4-3-5-11(6-9)20-13(14)15/h3-6,10,13H,7-8,16H2,1-2H3. The molecule has 1 aromatic rings. The van der Waals surface area contributed by atoms with Crippen LogP contribution in [-0.4, -0.2) is 50.8 Å². The van der Waals surface area contributed by atoms with E-state index in [0.717, 1.165) is 0 Å². The molecule has 0 radical (unpaired) electrons. The maximum atomic E-state index is 12.1. The Morgan fingerprint density at radius 2 is 2.15 bits per heavy atom. The molecule has 0 aliphatic carbocycles. The minimum atomic E-state index is -2.92. The number of carbonyl (C=O) groups is 1. The van der Waals surface area contributed by atoms with E-state index in [1.807, 2.05) is 0 Å². The van der Waals surface area contributed by atoms with Crippen LogP contribution in [0.3, 0.4) is 0 Å². The molecule has 1 unspecified atom stereocenters. The molecule has 0 saturated heterocycles. The van der Waals surface area contributed by atoms with Crippen molar-refractivity contribution in [2.24, 2.45) is 5.73 Å². The molecule has 7 heteroatoms. The van der Waals surface area contributed by atoms with Gasteiger partial charge in [0, 0.05) is 32.3 Å². The quantitative estimate of drug-likeness (QED) is 0.822. The number of hydrogen-bond acceptors (Lipinski definition) is 4. The molecule has 2 N–H and O–H groups in total. The molecule has 20 heavy (non-hydrogen) atoms. The van der Waals surface area contributed by atoms with Crippen molar-refractivity contribution in [2.45, 2.75) is 12.7 Å². The second kappa shape index (κ2) is 7.76. The average molecular weight is 288 g/mol. The van der Waals surface area contributed by atoms with Gasteiger partial charge in [0.2, 0.25) is 0 Å². The Morgan fingerprint density at radius 3 is 2.75 bits per heavy atom. The Balaban J connectivity index is 2.71. The van der Waals surface area contributed by atoms with Crippen molar-refractivity contribution in [3.8, 4) is 5.75 Å². The summed E-state index contributed by atoms with van der Waals surface area (Å²) in [5.41, 5.74) is 6.01. The van der Waals surface area contributed by atoms with E-state index in [0.29, 0.717) is 13.2 Å². The second-order valence-corrected chi connectivity index (χ2v) is 4.31. The van der Waals surface area contributed by atoms with Crippen LogP contribution in [0, 0.1) is 0 Å². The number of hydrogen-bond donors (Lipinski definition) is 1. The molecule has 0 saturated carbocycles. The van der Waals surface area contributed by atoms with Crippen LogP contribution in [0.2, 0.25) is 0 Å². The zero-order valence-electron chi connectivity index (χ0n) is 11.4. The number of methoxy groups -OCH3 is 1. The number of likely N-dealkylation sites (N-methyl/N-ethyl adjacent to an activating group) is 1. The first kappa shape index (κ1) is 16.3. The maximum Gasteiger partial charge on any atom is 0.387 e. The summed E-state index contributed by atoms with van der Waals surface area (Å²) in [7, 11) is 3.10. The second-order valence-electron chi connectivity index (χ2n) is 4.31. The molecule has 112 valence electrons. The number of alkyl halides is 2. The molecule has 1 rings (SSSR count). The molecular formula is C13H18F2N2O3. The third kappa shape index (κ3) is 5.10. The molecule has 0 aliphatic rings. The fourth-order valence-corrected chi connectivity index (χ4v) is 1.73. The van der Waals surface area contributed by atoms with Crippen molar-refractivity contribution < 1.29 is 23.0 Å². The number of rotatable bonds is 7. The largest absolute Gasteiger partial charge is 0.435 e. The van der Waals surface area contributed by atoms with Crippen LogP contribution < -0.4 is 10.5 Å². The third-order valence-electron chi connectivity index (χ3n) is 2.54. The molecule has 1 atom stereocenters. The highest BCUT2D eigenvalue weighted by Gasteiger charge is 2.16. The monoisotopic (exact) mass is 288 g/mol. The summed E-state index contributed by atoms with van der Waals surface area (Å²) in [6, 6.07) is 5.33. The molecule has 1 aromatic carbocycles. The van der Waals surface area contributed by atoms with Crippen LogP contribution in [0.15, 0.2) is 24.3 Å². The van der Waals surface area contributed by atoms with Crippen molar-refractivity contribution in [2.75, 3.05) is 27.3 Å². The summed E-state index contributed by atoms with van der Waals surface area (Å²) in [5.74, 6) is -0.378. The van der Waals surface area contributed by atoms with Gasteiger partial charge in [0.15, 0.2) is 0 Å². The zero-order valence-corrected chi connectivity index (χ0v) is 11.4. The fraction of sp³-hybridized carbons (Fsp3) is 0.462. The van der Waals surface area contributed by atoms with Crippen LogP contribution in [0.25, 0.3) is 0 Å². The summed E-state index contributed by atoms with van der Waals surface area (Å²) in [4.78, 5) is 13.5. The summed E-state index contributed by atoms with van der Waals surface area (Å²) in [5, 5.41) is 0. The van der Waals surface area contributed by atoms with E-state index < -0.39 is 6.61 Å². The summed E-state index contributed by atoms with van der Waals surface area (Å²) >= 11 is 0. The Labute approximate surface area is 116 Å². The smallest absolute Gasteiger partial charge is 0.387 e. The first-order valence-electron chi connectivity index (χ1n) is 5.99. The first-order valence-corrected chi connectivity index (χ1v) is 5.99. The molecule has 0 bridgehead atoms. The number of amides is 1. The fourth-order valence-electron chi connectivity index (χ4n) is 1.73. The SMILES string of the molecule is COCC(N)CN(C)C(=O)c1cccc(OC(F)F)c1. The van der Waals surface area contributed by atoms with E-state index in [2.05, 4.69) is 4.74 Å². The number of nitrogens with two attached hydrogens (primary N) is 1. The highest BCUT2D eigenvalue weighted by Crippen LogP contribution is 2.17. The molecular weight excluding hydrogens is 270 g/mol. The third-order valence-corrected chi connectivity index (χ3v) is 2.54. The minimum absolute atomic E-state index is 0.0551. The molecule has 0 aliphatic heterocycles. The van der Waals surface area contributed by atoms with Crippen molar-refractivity contribution in [3.63, 3.8) is 0 Å². The number of nitrogens with zero attached hydrogens (tertiary/aromatic N) is 1. The van der Waals surface area contributed by atoms with Crippen LogP contribution in [0.1, 0.15) is 10.4 Å². The van der Waals surface area contributed by atoms with E-state index in [-0.39, 0.29) is 23.3 Å². The van der Waals surface area contributed by atoms with E-state index in [9.17, 15) is 13.6 Å². The predicted octanol–water partition coefficient (Wildman–Crippen LogP) is 1.33. The van der Waals surface area contributed by atoms with Gasteiger partial charge in [0.25, 0.3) is 5.91 Å². The Bertz CT molecular complexity index is 443. The van der Waals surface area contributed by atoms with Gasteiger partial charge < -0.3 is 20.1 Å². The first-order chi connectivity index (χ1) is 9.43. The van der Waals surface area contributed by atoms with Crippen molar-refractivity contribution in [1.29, 1.82) is 0 Å². The van der Waals surface area contributed by atoms with E-state index >= 15 is 0 Å². The Kier molecular flexibility index (Phi) is 6.33. The van der Waals surface area contributed by atoms with Gasteiger partial charge in [-0.3, -0.25) is 4.79 Å². The topological polar surface area (TPSA) is 64.8 Å². The van der Waals surface area contributed by atoms with Crippen LogP contribution in [0.5, 0.6) is 5.75 Å². The van der Waals surface area contributed by atoms with Gasteiger partial charge in [0.1, 0.15) is 5.75 Å². The maximum absolute atomic E-state index is 12.1. The molecule has 0 aromatic heterocycles. The molecule has 1 amide bonds. The van der Waals surface area contributed by atoms with Crippen molar-refractivity contribution in [1.82, 2.24) is 4.90 Å². The normalized spacial score (nSPS) is 12.3. The highest BCUT2D eigenvalue weighted by atomic mass is 19.3. The number of ether oxygens (including phenoxy) is 2. The van der Waals surface area contributed by atoms with Gasteiger partial charge in [-0.15, -0.1) is 0 Å². The van der Waals surface area contributed by atoms with Gasteiger partial charge in [-0.25, -0.2) is 0 Å². The molecule has 0 fully saturated rings. The lowest BCUT2D eigenvalue weighted by Gasteiger charge is -2.21. The molecule has 5 nitrogen and oxygen atoms in total. The van der Waals surface area contributed by atoms with Gasteiger partial charge in [-0.05, 0) is 18.2 Å². The van der Waals surface area contributed by atoms with Gasteiger partial charge in [-0.1, -0.05) is 6.07 Å². The van der Waals surface area contributed by atoms with E-state index in [1.165, 1.54) is 36.3 Å². The summed E-state index contributed by atoms with van der Waals surface area (Å²) < 4.78 is 33.4. The number of halogens is 2. The lowest BCUT2D eigenvalue weighted by atomic mass is 10.2. The Hall–Kier alpha value is -1.73. The van der Waals surface area contributed by atoms with Crippen LogP contribution in [0.4, 0.5) is 8.78 Å². The highest BCUT2D eigenvalue weighted by molar-refractivity contribution is 5.94.